The van der Waals surface area contributed by atoms with Gasteiger partial charge in [-0.15, -0.1) is 12.6 Å². The first-order valence-corrected chi connectivity index (χ1v) is 4.54. The molecule has 0 atom stereocenters. The Morgan fingerprint density at radius 3 is 2.71 bits per heavy atom. The summed E-state index contributed by atoms with van der Waals surface area (Å²) in [4.78, 5) is 11.2. The second-order valence-corrected chi connectivity index (χ2v) is 3.27. The smallest absolute Gasteiger partial charge is 0.335 e. The van der Waals surface area contributed by atoms with Gasteiger partial charge in [-0.25, -0.2) is 4.79 Å². The molecule has 14 heavy (non-hydrogen) atoms. The van der Waals surface area contributed by atoms with Crippen molar-refractivity contribution in [3.05, 3.63) is 28.8 Å². The quantitative estimate of drug-likeness (QED) is 0.730. The average molecular weight is 207 g/mol. The van der Waals surface area contributed by atoms with Gasteiger partial charge < -0.3 is 5.11 Å². The van der Waals surface area contributed by atoms with Crippen LogP contribution in [0.1, 0.15) is 28.4 Å². The van der Waals surface area contributed by atoms with E-state index in [1.807, 2.05) is 13.0 Å². The van der Waals surface area contributed by atoms with Gasteiger partial charge in [-0.05, 0) is 24.1 Å². The van der Waals surface area contributed by atoms with Crippen LogP contribution in [0.5, 0.6) is 0 Å². The highest BCUT2D eigenvalue weighted by atomic mass is 32.1. The molecule has 0 radical (unpaired) electrons. The van der Waals surface area contributed by atoms with Crippen LogP contribution in [0.3, 0.4) is 0 Å². The molecule has 3 nitrogen and oxygen atoms in total. The van der Waals surface area contributed by atoms with Gasteiger partial charge >= 0.3 is 5.97 Å². The van der Waals surface area contributed by atoms with Gasteiger partial charge in [0.2, 0.25) is 0 Å². The van der Waals surface area contributed by atoms with E-state index in [2.05, 4.69) is 12.6 Å². The Hall–Kier alpha value is -1.47. The summed E-state index contributed by atoms with van der Waals surface area (Å²) in [6, 6.07) is 4.81. The summed E-state index contributed by atoms with van der Waals surface area (Å²) in [6.07, 6.45) is 0.668. The van der Waals surface area contributed by atoms with E-state index in [-0.39, 0.29) is 5.56 Å². The molecule has 0 aliphatic carbocycles. The summed E-state index contributed by atoms with van der Waals surface area (Å²) in [5.74, 6) is -1.04. The largest absolute Gasteiger partial charge is 0.478 e. The summed E-state index contributed by atoms with van der Waals surface area (Å²) in [7, 11) is 0. The lowest BCUT2D eigenvalue weighted by molar-refractivity contribution is 0.0696. The third-order valence-electron chi connectivity index (χ3n) is 1.95. The Morgan fingerprint density at radius 1 is 1.64 bits per heavy atom. The van der Waals surface area contributed by atoms with Crippen molar-refractivity contribution in [2.75, 3.05) is 0 Å². The van der Waals surface area contributed by atoms with E-state index < -0.39 is 5.97 Å². The van der Waals surface area contributed by atoms with E-state index in [4.69, 9.17) is 10.4 Å². The fraction of sp³-hybridized carbons (Fsp3) is 0.200. The highest BCUT2D eigenvalue weighted by Crippen LogP contribution is 2.21. The number of nitriles is 1. The lowest BCUT2D eigenvalue weighted by atomic mass is 10.0. The molecule has 4 heteroatoms. The van der Waals surface area contributed by atoms with Crippen LogP contribution in [0, 0.1) is 11.3 Å². The number of carboxylic acids is 1. The standard InChI is InChI=1S/C10H9NO2S/c1-2-8-7(5-11)3-6(10(12)13)4-9(8)14/h3-4,14H,2H2,1H3,(H,12,13). The second-order valence-electron chi connectivity index (χ2n) is 2.79. The highest BCUT2D eigenvalue weighted by Gasteiger charge is 2.10. The van der Waals surface area contributed by atoms with Gasteiger partial charge in [-0.1, -0.05) is 6.92 Å². The molecule has 0 aromatic heterocycles. The molecule has 0 saturated carbocycles. The third kappa shape index (κ3) is 1.88. The number of carboxylic acid groups (broad SMARTS) is 1. The predicted octanol–water partition coefficient (Wildman–Crippen LogP) is 2.11. The number of aromatic carboxylic acids is 1. The number of thiol groups is 1. The van der Waals surface area contributed by atoms with E-state index >= 15 is 0 Å². The monoisotopic (exact) mass is 207 g/mol. The van der Waals surface area contributed by atoms with Crippen LogP contribution in [-0.4, -0.2) is 11.1 Å². The molecule has 0 aliphatic rings. The molecule has 0 fully saturated rings. The Morgan fingerprint density at radius 2 is 2.29 bits per heavy atom. The molecule has 0 bridgehead atoms. The number of carbonyl (C=O) groups is 1. The highest BCUT2D eigenvalue weighted by molar-refractivity contribution is 7.80. The zero-order valence-corrected chi connectivity index (χ0v) is 8.51. The normalized spacial score (nSPS) is 9.50. The maximum Gasteiger partial charge on any atom is 0.335 e. The van der Waals surface area contributed by atoms with Gasteiger partial charge in [0.05, 0.1) is 17.2 Å². The number of rotatable bonds is 2. The third-order valence-corrected chi connectivity index (χ3v) is 2.35. The van der Waals surface area contributed by atoms with Crippen LogP contribution in [0.15, 0.2) is 17.0 Å². The summed E-state index contributed by atoms with van der Waals surface area (Å²) >= 11 is 4.15. The zero-order valence-electron chi connectivity index (χ0n) is 7.61. The molecule has 1 aromatic rings. The second kappa shape index (κ2) is 4.16. The fourth-order valence-electron chi connectivity index (χ4n) is 1.25. The number of benzene rings is 1. The lowest BCUT2D eigenvalue weighted by Gasteiger charge is -2.05. The van der Waals surface area contributed by atoms with Crippen molar-refractivity contribution in [2.24, 2.45) is 0 Å². The molecule has 0 aliphatic heterocycles. The van der Waals surface area contributed by atoms with Crippen LogP contribution < -0.4 is 0 Å². The van der Waals surface area contributed by atoms with E-state index in [0.717, 1.165) is 5.56 Å². The van der Waals surface area contributed by atoms with Gasteiger partial charge in [0.1, 0.15) is 0 Å². The van der Waals surface area contributed by atoms with E-state index in [9.17, 15) is 4.79 Å². The molecule has 1 aromatic carbocycles. The maximum atomic E-state index is 10.7. The minimum atomic E-state index is -1.04. The molecule has 0 heterocycles. The minimum absolute atomic E-state index is 0.101. The van der Waals surface area contributed by atoms with E-state index in [0.29, 0.717) is 16.9 Å². The van der Waals surface area contributed by atoms with Crippen molar-refractivity contribution in [2.45, 2.75) is 18.2 Å². The molecule has 0 saturated heterocycles. The number of nitrogens with zero attached hydrogens (tertiary/aromatic N) is 1. The topological polar surface area (TPSA) is 61.1 Å². The first-order valence-electron chi connectivity index (χ1n) is 4.09. The maximum absolute atomic E-state index is 10.7. The average Bonchev–Trinajstić information content (AvgIpc) is 2.16. The number of hydrogen-bond acceptors (Lipinski definition) is 3. The van der Waals surface area contributed by atoms with Crippen molar-refractivity contribution in [1.29, 1.82) is 5.26 Å². The van der Waals surface area contributed by atoms with Crippen molar-refractivity contribution >= 4 is 18.6 Å². The molecule has 0 amide bonds. The van der Waals surface area contributed by atoms with Crippen molar-refractivity contribution < 1.29 is 9.90 Å². The molecular weight excluding hydrogens is 198 g/mol. The predicted molar refractivity (Wildman–Crippen MR) is 54.7 cm³/mol. The molecule has 1 rings (SSSR count). The Balaban J connectivity index is 3.41. The molecule has 72 valence electrons. The van der Waals surface area contributed by atoms with Crippen LogP contribution in [0.2, 0.25) is 0 Å². The van der Waals surface area contributed by atoms with Gasteiger partial charge in [-0.3, -0.25) is 0 Å². The molecular formula is C10H9NO2S. The first-order chi connectivity index (χ1) is 6.60. The van der Waals surface area contributed by atoms with Crippen LogP contribution in [0.4, 0.5) is 0 Å². The molecule has 1 N–H and O–H groups in total. The van der Waals surface area contributed by atoms with Crippen molar-refractivity contribution in [3.63, 3.8) is 0 Å². The Labute approximate surface area is 87.4 Å². The van der Waals surface area contributed by atoms with Crippen LogP contribution >= 0.6 is 12.6 Å². The summed E-state index contributed by atoms with van der Waals surface area (Å²) in [5, 5.41) is 17.6. The van der Waals surface area contributed by atoms with Crippen molar-refractivity contribution in [1.82, 2.24) is 0 Å². The SMILES string of the molecule is CCc1c(S)cc(C(=O)O)cc1C#N. The van der Waals surface area contributed by atoms with Gasteiger partial charge in [0, 0.05) is 4.90 Å². The van der Waals surface area contributed by atoms with Gasteiger partial charge in [0.15, 0.2) is 0 Å². The zero-order chi connectivity index (χ0) is 10.7. The summed E-state index contributed by atoms with van der Waals surface area (Å²) < 4.78 is 0. The summed E-state index contributed by atoms with van der Waals surface area (Å²) in [5.41, 5.74) is 1.28. The van der Waals surface area contributed by atoms with Crippen LogP contribution in [-0.2, 0) is 6.42 Å². The molecule has 0 spiro atoms. The minimum Gasteiger partial charge on any atom is -0.478 e. The number of hydrogen-bond donors (Lipinski definition) is 2. The first kappa shape index (κ1) is 10.6. The van der Waals surface area contributed by atoms with Crippen LogP contribution in [0.25, 0.3) is 0 Å². The Bertz CT molecular complexity index is 421. The lowest BCUT2D eigenvalue weighted by Crippen LogP contribution is -2.00. The fourth-order valence-corrected chi connectivity index (χ4v) is 1.67. The summed E-state index contributed by atoms with van der Waals surface area (Å²) in [6.45, 7) is 1.90. The van der Waals surface area contributed by atoms with Gasteiger partial charge in [0.25, 0.3) is 0 Å². The Kier molecular flexibility index (Phi) is 3.15. The van der Waals surface area contributed by atoms with Crippen molar-refractivity contribution in [3.8, 4) is 6.07 Å². The van der Waals surface area contributed by atoms with Gasteiger partial charge in [-0.2, -0.15) is 5.26 Å². The van der Waals surface area contributed by atoms with E-state index in [1.54, 1.807) is 0 Å². The van der Waals surface area contributed by atoms with E-state index in [1.165, 1.54) is 12.1 Å². The molecule has 0 unspecified atom stereocenters.